The summed E-state index contributed by atoms with van der Waals surface area (Å²) in [6.07, 6.45) is 0. The topological polar surface area (TPSA) is 46.6 Å². The lowest BCUT2D eigenvalue weighted by Gasteiger charge is -2.25. The molecule has 0 N–H and O–H groups in total. The van der Waals surface area contributed by atoms with E-state index in [9.17, 15) is 17.2 Å². The lowest BCUT2D eigenvalue weighted by molar-refractivity contribution is 0.395. The monoisotopic (exact) mass is 341 g/mol. The normalized spacial score (nSPS) is 13.1. The summed E-state index contributed by atoms with van der Waals surface area (Å²) in [6.45, 7) is 1.60. The summed E-state index contributed by atoms with van der Waals surface area (Å²) in [5.74, 6) is -1.44. The molecule has 0 aliphatic carbocycles. The molecule has 0 amide bonds. The molecule has 0 radical (unpaired) electrons. The molecule has 7 heteroatoms. The molecule has 0 heterocycles. The van der Waals surface area contributed by atoms with Crippen LogP contribution in [0.15, 0.2) is 47.4 Å². The lowest BCUT2D eigenvalue weighted by atomic mass is 10.1. The van der Waals surface area contributed by atoms with Gasteiger partial charge >= 0.3 is 0 Å². The van der Waals surface area contributed by atoms with Crippen molar-refractivity contribution in [2.24, 2.45) is 0 Å². The van der Waals surface area contributed by atoms with E-state index in [1.54, 1.807) is 19.1 Å². The standard InChI is InChI=1S/C16H17F2NO3S/c1-11(12-4-9-15(17)16(18)10-12)19(2)23(20,21)14-7-5-13(22-3)6-8-14/h4-11H,1-3H3. The molecule has 1 atom stereocenters. The Kier molecular flexibility index (Phi) is 5.01. The summed E-state index contributed by atoms with van der Waals surface area (Å²) >= 11 is 0. The quantitative estimate of drug-likeness (QED) is 0.838. The van der Waals surface area contributed by atoms with Crippen LogP contribution in [0.2, 0.25) is 0 Å². The third kappa shape index (κ3) is 3.51. The van der Waals surface area contributed by atoms with Crippen LogP contribution in [0.3, 0.4) is 0 Å². The highest BCUT2D eigenvalue weighted by Crippen LogP contribution is 2.27. The second kappa shape index (κ2) is 6.64. The molecule has 0 fully saturated rings. The highest BCUT2D eigenvalue weighted by atomic mass is 32.2. The van der Waals surface area contributed by atoms with E-state index in [-0.39, 0.29) is 4.90 Å². The molecular formula is C16H17F2NO3S. The molecule has 0 aromatic heterocycles. The summed E-state index contributed by atoms with van der Waals surface area (Å²) in [4.78, 5) is 0.0928. The van der Waals surface area contributed by atoms with Crippen molar-refractivity contribution >= 4 is 10.0 Å². The molecule has 0 bridgehead atoms. The van der Waals surface area contributed by atoms with Crippen LogP contribution in [0.5, 0.6) is 5.75 Å². The van der Waals surface area contributed by atoms with Crippen LogP contribution in [-0.2, 0) is 10.0 Å². The smallest absolute Gasteiger partial charge is 0.243 e. The second-order valence-corrected chi connectivity index (χ2v) is 7.04. The molecule has 2 rings (SSSR count). The molecule has 0 saturated heterocycles. The van der Waals surface area contributed by atoms with Crippen molar-refractivity contribution in [3.63, 3.8) is 0 Å². The van der Waals surface area contributed by atoms with Crippen molar-refractivity contribution in [1.29, 1.82) is 0 Å². The number of hydrogen-bond acceptors (Lipinski definition) is 3. The molecule has 1 unspecified atom stereocenters. The van der Waals surface area contributed by atoms with Crippen LogP contribution < -0.4 is 4.74 Å². The number of ether oxygens (including phenoxy) is 1. The third-order valence-electron chi connectivity index (χ3n) is 3.71. The number of sulfonamides is 1. The van der Waals surface area contributed by atoms with Gasteiger partial charge in [-0.3, -0.25) is 0 Å². The first-order valence-electron chi connectivity index (χ1n) is 6.84. The van der Waals surface area contributed by atoms with Crippen molar-refractivity contribution in [2.45, 2.75) is 17.9 Å². The molecule has 4 nitrogen and oxygen atoms in total. The van der Waals surface area contributed by atoms with Gasteiger partial charge in [0.1, 0.15) is 5.75 Å². The molecular weight excluding hydrogens is 324 g/mol. The van der Waals surface area contributed by atoms with Gasteiger partial charge in [0, 0.05) is 13.1 Å². The minimum atomic E-state index is -3.77. The third-order valence-corrected chi connectivity index (χ3v) is 5.65. The average molecular weight is 341 g/mol. The number of halogens is 2. The highest BCUT2D eigenvalue weighted by molar-refractivity contribution is 7.89. The first-order valence-corrected chi connectivity index (χ1v) is 8.28. The summed E-state index contributed by atoms with van der Waals surface area (Å²) in [5, 5.41) is 0. The van der Waals surface area contributed by atoms with Crippen LogP contribution in [0.25, 0.3) is 0 Å². The number of nitrogens with zero attached hydrogens (tertiary/aromatic N) is 1. The molecule has 2 aromatic carbocycles. The van der Waals surface area contributed by atoms with Gasteiger partial charge in [-0.25, -0.2) is 17.2 Å². The van der Waals surface area contributed by atoms with Gasteiger partial charge in [0.05, 0.1) is 12.0 Å². The van der Waals surface area contributed by atoms with Gasteiger partial charge in [-0.05, 0) is 48.9 Å². The number of methoxy groups -OCH3 is 1. The van der Waals surface area contributed by atoms with Crippen LogP contribution in [-0.4, -0.2) is 26.9 Å². The van der Waals surface area contributed by atoms with Crippen LogP contribution >= 0.6 is 0 Å². The summed E-state index contributed by atoms with van der Waals surface area (Å²) < 4.78 is 57.7. The molecule has 23 heavy (non-hydrogen) atoms. The maximum Gasteiger partial charge on any atom is 0.243 e. The minimum Gasteiger partial charge on any atom is -0.497 e. The van der Waals surface area contributed by atoms with Crippen LogP contribution in [0, 0.1) is 11.6 Å². The van der Waals surface area contributed by atoms with E-state index in [1.807, 2.05) is 0 Å². The Morgan fingerprint density at radius 1 is 1.04 bits per heavy atom. The maximum atomic E-state index is 13.3. The largest absolute Gasteiger partial charge is 0.497 e. The number of hydrogen-bond donors (Lipinski definition) is 0. The summed E-state index contributed by atoms with van der Waals surface area (Å²) in [6, 6.07) is 8.65. The average Bonchev–Trinajstić information content (AvgIpc) is 2.56. The van der Waals surface area contributed by atoms with Gasteiger partial charge in [0.25, 0.3) is 0 Å². The molecule has 124 valence electrons. The zero-order chi connectivity index (χ0) is 17.2. The first-order chi connectivity index (χ1) is 10.8. The summed E-state index contributed by atoms with van der Waals surface area (Å²) in [5.41, 5.74) is 0.364. The van der Waals surface area contributed by atoms with Gasteiger partial charge in [0.15, 0.2) is 11.6 Å². The fourth-order valence-corrected chi connectivity index (χ4v) is 3.45. The highest BCUT2D eigenvalue weighted by Gasteiger charge is 2.26. The zero-order valence-corrected chi connectivity index (χ0v) is 13.8. The Bertz CT molecular complexity index is 791. The van der Waals surface area contributed by atoms with E-state index >= 15 is 0 Å². The van der Waals surface area contributed by atoms with Crippen LogP contribution in [0.4, 0.5) is 8.78 Å². The van der Waals surface area contributed by atoms with Crippen molar-refractivity contribution in [1.82, 2.24) is 4.31 Å². The van der Waals surface area contributed by atoms with Crippen molar-refractivity contribution in [3.05, 3.63) is 59.7 Å². The number of benzene rings is 2. The SMILES string of the molecule is COc1ccc(S(=O)(=O)N(C)C(C)c2ccc(F)c(F)c2)cc1. The van der Waals surface area contributed by atoms with E-state index in [4.69, 9.17) is 4.74 Å². The second-order valence-electron chi connectivity index (χ2n) is 5.05. The molecule has 0 saturated carbocycles. The van der Waals surface area contributed by atoms with Crippen LogP contribution in [0.1, 0.15) is 18.5 Å². The molecule has 0 aliphatic rings. The molecule has 0 spiro atoms. The van der Waals surface area contributed by atoms with E-state index in [0.29, 0.717) is 11.3 Å². The van der Waals surface area contributed by atoms with Gasteiger partial charge in [0.2, 0.25) is 10.0 Å². The minimum absolute atomic E-state index is 0.0928. The Morgan fingerprint density at radius 3 is 2.17 bits per heavy atom. The Hall–Kier alpha value is -1.99. The molecule has 2 aromatic rings. The fraction of sp³-hybridized carbons (Fsp3) is 0.250. The van der Waals surface area contributed by atoms with Crippen molar-refractivity contribution in [3.8, 4) is 5.75 Å². The van der Waals surface area contributed by atoms with Crippen molar-refractivity contribution in [2.75, 3.05) is 14.2 Å². The predicted octanol–water partition coefficient (Wildman–Crippen LogP) is 3.36. The Morgan fingerprint density at radius 2 is 1.65 bits per heavy atom. The van der Waals surface area contributed by atoms with Gasteiger partial charge in [-0.1, -0.05) is 6.07 Å². The van der Waals surface area contributed by atoms with E-state index in [2.05, 4.69) is 0 Å². The van der Waals surface area contributed by atoms with Gasteiger partial charge in [-0.2, -0.15) is 4.31 Å². The summed E-state index contributed by atoms with van der Waals surface area (Å²) in [7, 11) is -0.892. The van der Waals surface area contributed by atoms with Gasteiger partial charge in [-0.15, -0.1) is 0 Å². The molecule has 0 aliphatic heterocycles. The zero-order valence-electron chi connectivity index (χ0n) is 13.0. The number of rotatable bonds is 5. The van der Waals surface area contributed by atoms with E-state index in [0.717, 1.165) is 16.4 Å². The lowest BCUT2D eigenvalue weighted by Crippen LogP contribution is -2.29. The van der Waals surface area contributed by atoms with Gasteiger partial charge < -0.3 is 4.74 Å². The van der Waals surface area contributed by atoms with Crippen molar-refractivity contribution < 1.29 is 21.9 Å². The maximum absolute atomic E-state index is 13.3. The fourth-order valence-electron chi connectivity index (χ4n) is 2.10. The Labute approximate surface area is 134 Å². The van der Waals surface area contributed by atoms with E-state index < -0.39 is 27.7 Å². The first kappa shape index (κ1) is 17.4. The van der Waals surface area contributed by atoms with E-state index in [1.165, 1.54) is 32.4 Å². The predicted molar refractivity (Wildman–Crippen MR) is 82.7 cm³/mol. The Balaban J connectivity index is 2.32.